The smallest absolute Gasteiger partial charge is 0.0589 e. The molecule has 1 N–H and O–H groups in total. The van der Waals surface area contributed by atoms with Gasteiger partial charge in [-0.25, -0.2) is 0 Å². The lowest BCUT2D eigenvalue weighted by molar-refractivity contribution is 0.0955. The van der Waals surface area contributed by atoms with E-state index in [9.17, 15) is 0 Å². The first-order valence-electron chi connectivity index (χ1n) is 7.25. The van der Waals surface area contributed by atoms with Gasteiger partial charge < -0.3 is 10.1 Å². The molecule has 102 valence electrons. The fourth-order valence-electron chi connectivity index (χ4n) is 2.83. The number of nitrogens with one attached hydrogen (secondary N) is 1. The van der Waals surface area contributed by atoms with Crippen LogP contribution in [0.5, 0.6) is 0 Å². The Hall–Kier alpha value is -0.120. The van der Waals surface area contributed by atoms with Crippen molar-refractivity contribution in [1.29, 1.82) is 0 Å². The van der Waals surface area contributed by atoms with Gasteiger partial charge >= 0.3 is 0 Å². The van der Waals surface area contributed by atoms with Crippen LogP contribution in [0.2, 0.25) is 0 Å². The van der Waals surface area contributed by atoms with Gasteiger partial charge in [0.25, 0.3) is 0 Å². The van der Waals surface area contributed by atoms with Crippen molar-refractivity contribution in [3.05, 3.63) is 0 Å². The first-order chi connectivity index (χ1) is 8.31. The fraction of sp³-hybridized carbons (Fsp3) is 1.00. The Bertz CT molecular complexity index is 177. The van der Waals surface area contributed by atoms with E-state index in [0.29, 0.717) is 0 Å². The average molecular weight is 242 g/mol. The minimum absolute atomic E-state index is 0.736. The predicted octanol–water partition coefficient (Wildman–Crippen LogP) is 2.12. The summed E-state index contributed by atoms with van der Waals surface area (Å²) in [5, 5.41) is 3.45. The molecule has 0 amide bonds. The molecule has 0 aliphatic carbocycles. The molecule has 1 heterocycles. The van der Waals surface area contributed by atoms with E-state index in [1.165, 1.54) is 45.3 Å². The van der Waals surface area contributed by atoms with Crippen LogP contribution in [0.4, 0.5) is 0 Å². The van der Waals surface area contributed by atoms with Gasteiger partial charge in [0.15, 0.2) is 0 Å². The molecule has 3 nitrogen and oxygen atoms in total. The minimum atomic E-state index is 0.736. The molecule has 0 radical (unpaired) electrons. The molecule has 0 bridgehead atoms. The largest absolute Gasteiger partial charge is 0.383 e. The Morgan fingerprint density at radius 3 is 2.41 bits per heavy atom. The van der Waals surface area contributed by atoms with E-state index in [1.54, 1.807) is 7.11 Å². The molecule has 1 aliphatic rings. The highest BCUT2D eigenvalue weighted by Crippen LogP contribution is 2.17. The second kappa shape index (κ2) is 8.90. The number of hydrogen-bond acceptors (Lipinski definition) is 3. The van der Waals surface area contributed by atoms with Gasteiger partial charge in [-0.15, -0.1) is 0 Å². The molecule has 1 fully saturated rings. The van der Waals surface area contributed by atoms with Crippen molar-refractivity contribution in [2.24, 2.45) is 5.92 Å². The highest BCUT2D eigenvalue weighted by molar-refractivity contribution is 4.76. The maximum atomic E-state index is 5.25. The molecule has 0 saturated carbocycles. The minimum Gasteiger partial charge on any atom is -0.383 e. The zero-order valence-corrected chi connectivity index (χ0v) is 11.9. The van der Waals surface area contributed by atoms with Gasteiger partial charge in [-0.1, -0.05) is 13.8 Å². The van der Waals surface area contributed by atoms with Crippen molar-refractivity contribution >= 4 is 0 Å². The van der Waals surface area contributed by atoms with E-state index < -0.39 is 0 Å². The summed E-state index contributed by atoms with van der Waals surface area (Å²) >= 11 is 0. The quantitative estimate of drug-likeness (QED) is 0.705. The molecule has 0 unspecified atom stereocenters. The first kappa shape index (κ1) is 14.9. The summed E-state index contributed by atoms with van der Waals surface area (Å²) < 4.78 is 5.25. The third-order valence-electron chi connectivity index (χ3n) is 3.99. The normalized spacial score (nSPS) is 18.2. The van der Waals surface area contributed by atoms with Crippen LogP contribution in [0.1, 0.15) is 39.5 Å². The summed E-state index contributed by atoms with van der Waals surface area (Å²) in [5.41, 5.74) is 0. The molecule has 3 heteroatoms. The number of rotatable bonds is 8. The van der Waals surface area contributed by atoms with Gasteiger partial charge in [0.05, 0.1) is 6.61 Å². The van der Waals surface area contributed by atoms with E-state index >= 15 is 0 Å². The summed E-state index contributed by atoms with van der Waals surface area (Å²) in [6, 6.07) is 0.736. The third-order valence-corrected chi connectivity index (χ3v) is 3.99. The molecule has 1 aliphatic heterocycles. The highest BCUT2D eigenvalue weighted by Gasteiger charge is 2.20. The van der Waals surface area contributed by atoms with Crippen molar-refractivity contribution in [2.45, 2.75) is 45.6 Å². The van der Waals surface area contributed by atoms with Gasteiger partial charge in [0, 0.05) is 26.2 Å². The SMILES string of the molecule is CCC(CC)N(CCOC)CC1CCNCC1. The van der Waals surface area contributed by atoms with Crippen molar-refractivity contribution in [3.63, 3.8) is 0 Å². The van der Waals surface area contributed by atoms with Crippen LogP contribution in [0.15, 0.2) is 0 Å². The summed E-state index contributed by atoms with van der Waals surface area (Å²) in [7, 11) is 1.80. The maximum Gasteiger partial charge on any atom is 0.0589 e. The van der Waals surface area contributed by atoms with E-state index in [2.05, 4.69) is 24.1 Å². The number of methoxy groups -OCH3 is 1. The molecule has 1 rings (SSSR count). The van der Waals surface area contributed by atoms with Crippen LogP contribution in [-0.4, -0.2) is 50.8 Å². The van der Waals surface area contributed by atoms with Crippen LogP contribution in [-0.2, 0) is 4.74 Å². The number of piperidine rings is 1. The van der Waals surface area contributed by atoms with Gasteiger partial charge in [0.1, 0.15) is 0 Å². The summed E-state index contributed by atoms with van der Waals surface area (Å²) in [5.74, 6) is 0.883. The highest BCUT2D eigenvalue weighted by atomic mass is 16.5. The monoisotopic (exact) mass is 242 g/mol. The molecular weight excluding hydrogens is 212 g/mol. The second-order valence-corrected chi connectivity index (χ2v) is 5.15. The molecule has 0 spiro atoms. The van der Waals surface area contributed by atoms with Crippen LogP contribution in [0.25, 0.3) is 0 Å². The van der Waals surface area contributed by atoms with E-state index in [-0.39, 0.29) is 0 Å². The van der Waals surface area contributed by atoms with Crippen LogP contribution in [0, 0.1) is 5.92 Å². The molecule has 0 aromatic carbocycles. The van der Waals surface area contributed by atoms with Gasteiger partial charge in [-0.05, 0) is 44.7 Å². The zero-order valence-electron chi connectivity index (χ0n) is 11.9. The standard InChI is InChI=1S/C14H30N2O/c1-4-14(5-2)16(10-11-17-3)12-13-6-8-15-9-7-13/h13-15H,4-12H2,1-3H3. The van der Waals surface area contributed by atoms with Crippen LogP contribution < -0.4 is 5.32 Å². The Kier molecular flexibility index (Phi) is 7.82. The molecule has 1 saturated heterocycles. The van der Waals surface area contributed by atoms with Gasteiger partial charge in [-0.2, -0.15) is 0 Å². The van der Waals surface area contributed by atoms with Crippen molar-refractivity contribution in [2.75, 3.05) is 39.9 Å². The van der Waals surface area contributed by atoms with Gasteiger partial charge in [-0.3, -0.25) is 4.90 Å². The van der Waals surface area contributed by atoms with E-state index in [4.69, 9.17) is 4.74 Å². The summed E-state index contributed by atoms with van der Waals surface area (Å²) in [6.07, 6.45) is 5.18. The van der Waals surface area contributed by atoms with Crippen molar-refractivity contribution in [3.8, 4) is 0 Å². The molecule has 0 aromatic heterocycles. The topological polar surface area (TPSA) is 24.5 Å². The van der Waals surface area contributed by atoms with E-state index in [0.717, 1.165) is 25.1 Å². The van der Waals surface area contributed by atoms with Crippen LogP contribution >= 0.6 is 0 Å². The van der Waals surface area contributed by atoms with Crippen molar-refractivity contribution < 1.29 is 4.74 Å². The number of nitrogens with zero attached hydrogens (tertiary/aromatic N) is 1. The fourth-order valence-corrected chi connectivity index (χ4v) is 2.83. The lowest BCUT2D eigenvalue weighted by atomic mass is 9.96. The Labute approximate surface area is 107 Å². The average Bonchev–Trinajstić information content (AvgIpc) is 2.38. The lowest BCUT2D eigenvalue weighted by Crippen LogP contribution is -2.42. The number of hydrogen-bond donors (Lipinski definition) is 1. The Morgan fingerprint density at radius 1 is 1.24 bits per heavy atom. The second-order valence-electron chi connectivity index (χ2n) is 5.15. The third kappa shape index (κ3) is 5.36. The Balaban J connectivity index is 2.42. The van der Waals surface area contributed by atoms with Crippen molar-refractivity contribution in [1.82, 2.24) is 10.2 Å². The predicted molar refractivity (Wildman–Crippen MR) is 73.4 cm³/mol. The Morgan fingerprint density at radius 2 is 1.88 bits per heavy atom. The van der Waals surface area contributed by atoms with Gasteiger partial charge in [0.2, 0.25) is 0 Å². The van der Waals surface area contributed by atoms with Crippen LogP contribution in [0.3, 0.4) is 0 Å². The summed E-state index contributed by atoms with van der Waals surface area (Å²) in [6.45, 7) is 10.2. The number of ether oxygens (including phenoxy) is 1. The first-order valence-corrected chi connectivity index (χ1v) is 7.25. The molecule has 0 atom stereocenters. The zero-order chi connectivity index (χ0) is 12.5. The maximum absolute atomic E-state index is 5.25. The lowest BCUT2D eigenvalue weighted by Gasteiger charge is -2.35. The summed E-state index contributed by atoms with van der Waals surface area (Å²) in [4.78, 5) is 2.65. The molecule has 0 aromatic rings. The molecule has 17 heavy (non-hydrogen) atoms. The van der Waals surface area contributed by atoms with E-state index in [1.807, 2.05) is 0 Å². The molecular formula is C14H30N2O.